The summed E-state index contributed by atoms with van der Waals surface area (Å²) in [5.74, 6) is 0.730. The van der Waals surface area contributed by atoms with E-state index in [4.69, 9.17) is 0 Å². The van der Waals surface area contributed by atoms with Crippen molar-refractivity contribution >= 4 is 43.6 Å². The van der Waals surface area contributed by atoms with E-state index in [0.717, 1.165) is 14.7 Å². The molecule has 0 bridgehead atoms. The lowest BCUT2D eigenvalue weighted by Gasteiger charge is -2.25. The van der Waals surface area contributed by atoms with Crippen LogP contribution in [0.1, 0.15) is 25.5 Å². The number of aliphatic hydroxyl groups is 1. The van der Waals surface area contributed by atoms with Crippen molar-refractivity contribution in [3.63, 3.8) is 0 Å². The van der Waals surface area contributed by atoms with Crippen LogP contribution in [0.3, 0.4) is 0 Å². The molecule has 0 aliphatic carbocycles. The van der Waals surface area contributed by atoms with Gasteiger partial charge in [-0.2, -0.15) is 11.8 Å². The standard InChI is InChI=1S/C13H19Br2NOS/c1-9(16-7-13(2,17)8-18-3)11-5-4-10(14)6-12(11)15/h4-6,9,16-17H,7-8H2,1-3H3. The summed E-state index contributed by atoms with van der Waals surface area (Å²) in [4.78, 5) is 0. The van der Waals surface area contributed by atoms with Crippen molar-refractivity contribution in [2.75, 3.05) is 18.6 Å². The maximum Gasteiger partial charge on any atom is 0.0833 e. The Morgan fingerprint density at radius 3 is 2.67 bits per heavy atom. The zero-order valence-electron chi connectivity index (χ0n) is 10.8. The molecule has 5 heteroatoms. The van der Waals surface area contributed by atoms with Gasteiger partial charge in [0.2, 0.25) is 0 Å². The Labute approximate surface area is 130 Å². The zero-order chi connectivity index (χ0) is 13.8. The van der Waals surface area contributed by atoms with Gasteiger partial charge in [-0.1, -0.05) is 37.9 Å². The highest BCUT2D eigenvalue weighted by molar-refractivity contribution is 9.11. The van der Waals surface area contributed by atoms with Crippen LogP contribution in [0.15, 0.2) is 27.1 Å². The monoisotopic (exact) mass is 395 g/mol. The number of halogens is 2. The highest BCUT2D eigenvalue weighted by Gasteiger charge is 2.21. The molecule has 102 valence electrons. The largest absolute Gasteiger partial charge is 0.388 e. The van der Waals surface area contributed by atoms with E-state index in [2.05, 4.69) is 50.2 Å². The normalized spacial score (nSPS) is 16.3. The zero-order valence-corrected chi connectivity index (χ0v) is 14.8. The van der Waals surface area contributed by atoms with Crippen molar-refractivity contribution in [3.05, 3.63) is 32.7 Å². The maximum atomic E-state index is 10.1. The lowest BCUT2D eigenvalue weighted by Crippen LogP contribution is -2.40. The third-order valence-electron chi connectivity index (χ3n) is 2.67. The molecule has 0 fully saturated rings. The predicted octanol–water partition coefficient (Wildman–Crippen LogP) is 3.98. The summed E-state index contributed by atoms with van der Waals surface area (Å²) in [5, 5.41) is 13.5. The second-order valence-electron chi connectivity index (χ2n) is 4.70. The van der Waals surface area contributed by atoms with Crippen LogP contribution < -0.4 is 5.32 Å². The van der Waals surface area contributed by atoms with Gasteiger partial charge in [-0.25, -0.2) is 0 Å². The van der Waals surface area contributed by atoms with E-state index in [9.17, 15) is 5.11 Å². The quantitative estimate of drug-likeness (QED) is 0.762. The Balaban J connectivity index is 2.63. The van der Waals surface area contributed by atoms with Crippen LogP contribution in [-0.2, 0) is 0 Å². The Hall–Kier alpha value is 0.450. The van der Waals surface area contributed by atoms with E-state index in [1.54, 1.807) is 11.8 Å². The van der Waals surface area contributed by atoms with Crippen LogP contribution in [0, 0.1) is 0 Å². The molecule has 2 N–H and O–H groups in total. The van der Waals surface area contributed by atoms with Crippen molar-refractivity contribution in [2.24, 2.45) is 0 Å². The van der Waals surface area contributed by atoms with Crippen LogP contribution in [0.2, 0.25) is 0 Å². The summed E-state index contributed by atoms with van der Waals surface area (Å²) in [7, 11) is 0. The highest BCUT2D eigenvalue weighted by Crippen LogP contribution is 2.27. The summed E-state index contributed by atoms with van der Waals surface area (Å²) >= 11 is 8.66. The molecule has 0 saturated carbocycles. The molecular formula is C13H19Br2NOS. The van der Waals surface area contributed by atoms with Crippen molar-refractivity contribution in [2.45, 2.75) is 25.5 Å². The average molecular weight is 397 g/mol. The Morgan fingerprint density at radius 2 is 2.11 bits per heavy atom. The fourth-order valence-electron chi connectivity index (χ4n) is 1.70. The Bertz CT molecular complexity index is 399. The van der Waals surface area contributed by atoms with Crippen molar-refractivity contribution < 1.29 is 5.11 Å². The van der Waals surface area contributed by atoms with Crippen molar-refractivity contribution in [1.82, 2.24) is 5.32 Å². The molecule has 0 aromatic heterocycles. The fourth-order valence-corrected chi connectivity index (χ4v) is 3.81. The van der Waals surface area contributed by atoms with E-state index in [1.165, 1.54) is 5.56 Å². The lowest BCUT2D eigenvalue weighted by molar-refractivity contribution is 0.0820. The van der Waals surface area contributed by atoms with E-state index in [1.807, 2.05) is 25.3 Å². The van der Waals surface area contributed by atoms with Gasteiger partial charge in [0.05, 0.1) is 5.60 Å². The third kappa shape index (κ3) is 5.21. The van der Waals surface area contributed by atoms with Crippen molar-refractivity contribution in [1.29, 1.82) is 0 Å². The van der Waals surface area contributed by atoms with Gasteiger partial charge < -0.3 is 10.4 Å². The highest BCUT2D eigenvalue weighted by atomic mass is 79.9. The minimum atomic E-state index is -0.671. The number of nitrogens with one attached hydrogen (secondary N) is 1. The molecule has 2 nitrogen and oxygen atoms in total. The molecule has 0 saturated heterocycles. The first-order valence-electron chi connectivity index (χ1n) is 5.75. The van der Waals surface area contributed by atoms with Crippen LogP contribution in [-0.4, -0.2) is 29.3 Å². The number of hydrogen-bond acceptors (Lipinski definition) is 3. The van der Waals surface area contributed by atoms with Crippen molar-refractivity contribution in [3.8, 4) is 0 Å². The summed E-state index contributed by atoms with van der Waals surface area (Å²) in [6, 6.07) is 6.34. The summed E-state index contributed by atoms with van der Waals surface area (Å²) in [6.07, 6.45) is 2.00. The molecule has 1 aromatic rings. The number of thioether (sulfide) groups is 1. The van der Waals surface area contributed by atoms with Gasteiger partial charge in [0.15, 0.2) is 0 Å². The lowest BCUT2D eigenvalue weighted by atomic mass is 10.1. The Kier molecular flexibility index (Phi) is 6.68. The minimum Gasteiger partial charge on any atom is -0.388 e. The summed E-state index contributed by atoms with van der Waals surface area (Å²) < 4.78 is 2.13. The van der Waals surface area contributed by atoms with Crippen LogP contribution in [0.25, 0.3) is 0 Å². The SMILES string of the molecule is CSCC(C)(O)CNC(C)c1ccc(Br)cc1Br. The van der Waals surface area contributed by atoms with Crippen LogP contribution in [0.4, 0.5) is 0 Å². The first kappa shape index (κ1) is 16.5. The fraction of sp³-hybridized carbons (Fsp3) is 0.538. The Morgan fingerprint density at radius 1 is 1.44 bits per heavy atom. The van der Waals surface area contributed by atoms with Crippen LogP contribution in [0.5, 0.6) is 0 Å². The molecule has 0 radical (unpaired) electrons. The van der Waals surface area contributed by atoms with Gasteiger partial charge >= 0.3 is 0 Å². The van der Waals surface area contributed by atoms with Crippen LogP contribution >= 0.6 is 43.6 Å². The number of benzene rings is 1. The molecule has 0 aliphatic rings. The van der Waals surface area contributed by atoms with Gasteiger partial charge in [-0.05, 0) is 37.8 Å². The molecule has 0 spiro atoms. The van der Waals surface area contributed by atoms with Gasteiger partial charge in [-0.15, -0.1) is 0 Å². The first-order valence-corrected chi connectivity index (χ1v) is 8.73. The van der Waals surface area contributed by atoms with Gasteiger partial charge in [-0.3, -0.25) is 0 Å². The predicted molar refractivity (Wildman–Crippen MR) is 87.3 cm³/mol. The van der Waals surface area contributed by atoms with Gasteiger partial charge in [0.1, 0.15) is 0 Å². The molecule has 0 aliphatic heterocycles. The number of hydrogen-bond donors (Lipinski definition) is 2. The topological polar surface area (TPSA) is 32.3 Å². The third-order valence-corrected chi connectivity index (χ3v) is 4.76. The molecule has 1 rings (SSSR count). The minimum absolute atomic E-state index is 0.195. The molecule has 1 aromatic carbocycles. The van der Waals surface area contributed by atoms with E-state index in [-0.39, 0.29) is 6.04 Å². The van der Waals surface area contributed by atoms with E-state index in [0.29, 0.717) is 6.54 Å². The summed E-state index contributed by atoms with van der Waals surface area (Å²) in [6.45, 7) is 4.54. The molecule has 0 amide bonds. The smallest absolute Gasteiger partial charge is 0.0833 e. The molecular weight excluding hydrogens is 378 g/mol. The van der Waals surface area contributed by atoms with Gasteiger partial charge in [0, 0.05) is 27.3 Å². The summed E-state index contributed by atoms with van der Waals surface area (Å²) in [5.41, 5.74) is 0.522. The number of rotatable bonds is 6. The second kappa shape index (κ2) is 7.29. The maximum absolute atomic E-state index is 10.1. The first-order chi connectivity index (χ1) is 8.35. The van der Waals surface area contributed by atoms with E-state index >= 15 is 0 Å². The van der Waals surface area contributed by atoms with Gasteiger partial charge in [0.25, 0.3) is 0 Å². The molecule has 2 unspecified atom stereocenters. The van der Waals surface area contributed by atoms with E-state index < -0.39 is 5.60 Å². The second-order valence-corrected chi connectivity index (χ2v) is 7.33. The average Bonchev–Trinajstić information content (AvgIpc) is 2.26. The molecule has 0 heterocycles. The molecule has 18 heavy (non-hydrogen) atoms. The molecule has 2 atom stereocenters.